The fourth-order valence-electron chi connectivity index (χ4n) is 2.16. The largest absolute Gasteiger partial charge is 0.475 e. The average molecular weight is 253 g/mol. The van der Waals surface area contributed by atoms with Crippen molar-refractivity contribution in [1.82, 2.24) is 0 Å². The molecule has 1 aliphatic heterocycles. The Morgan fingerprint density at radius 1 is 1.00 bits per heavy atom. The van der Waals surface area contributed by atoms with Gasteiger partial charge in [0.05, 0.1) is 0 Å². The minimum Gasteiger partial charge on any atom is -0.475 e. The lowest BCUT2D eigenvalue weighted by Crippen LogP contribution is -2.17. The Morgan fingerprint density at radius 2 is 1.63 bits per heavy atom. The van der Waals surface area contributed by atoms with Crippen molar-refractivity contribution < 1.29 is 9.84 Å². The highest BCUT2D eigenvalue weighted by molar-refractivity contribution is 5.95. The number of nitrogens with zero attached hydrogens (tertiary/aromatic N) is 1. The second-order valence-electron chi connectivity index (χ2n) is 4.53. The van der Waals surface area contributed by atoms with Crippen molar-refractivity contribution in [2.45, 2.75) is 12.1 Å². The molecule has 1 aliphatic rings. The normalized spacial score (nSPS) is 19.6. The first kappa shape index (κ1) is 11.9. The van der Waals surface area contributed by atoms with Crippen LogP contribution in [-0.2, 0) is 4.74 Å². The molecule has 0 radical (unpaired) electrons. The number of hydrogen-bond acceptors (Lipinski definition) is 3. The van der Waals surface area contributed by atoms with Gasteiger partial charge in [-0.05, 0) is 17.7 Å². The van der Waals surface area contributed by atoms with Gasteiger partial charge in [0.2, 0.25) is 5.90 Å². The molecule has 96 valence electrons. The number of aliphatic imine (C=N–C) groups is 1. The van der Waals surface area contributed by atoms with Crippen molar-refractivity contribution >= 4 is 5.90 Å². The fraction of sp³-hybridized carbons (Fsp3) is 0.188. The Bertz CT molecular complexity index is 566. The van der Waals surface area contributed by atoms with Crippen molar-refractivity contribution in [3.63, 3.8) is 0 Å². The molecule has 3 heteroatoms. The van der Waals surface area contributed by atoms with E-state index in [0.717, 1.165) is 11.1 Å². The lowest BCUT2D eigenvalue weighted by molar-refractivity contribution is 0.130. The van der Waals surface area contributed by atoms with Crippen molar-refractivity contribution in [3.8, 4) is 0 Å². The minimum atomic E-state index is -0.623. The van der Waals surface area contributed by atoms with E-state index in [1.54, 1.807) is 0 Å². The van der Waals surface area contributed by atoms with E-state index in [-0.39, 0.29) is 6.04 Å². The smallest absolute Gasteiger partial charge is 0.216 e. The number of rotatable bonds is 3. The number of aliphatic hydroxyl groups is 1. The molecule has 19 heavy (non-hydrogen) atoms. The summed E-state index contributed by atoms with van der Waals surface area (Å²) in [5.41, 5.74) is 1.82. The lowest BCUT2D eigenvalue weighted by Gasteiger charge is -2.13. The Hall–Kier alpha value is -2.13. The van der Waals surface area contributed by atoms with Crippen LogP contribution in [0.5, 0.6) is 0 Å². The molecule has 0 saturated heterocycles. The molecule has 2 aromatic rings. The Kier molecular flexibility index (Phi) is 3.29. The SMILES string of the molecule is O[C@@H](c1ccccc1)[C@@H]1COC(c2ccccc2)=N1. The topological polar surface area (TPSA) is 41.8 Å². The van der Waals surface area contributed by atoms with E-state index < -0.39 is 6.10 Å². The van der Waals surface area contributed by atoms with E-state index in [0.29, 0.717) is 12.5 Å². The second kappa shape index (κ2) is 5.24. The van der Waals surface area contributed by atoms with Crippen LogP contribution in [0.1, 0.15) is 17.2 Å². The van der Waals surface area contributed by atoms with Gasteiger partial charge in [0.15, 0.2) is 0 Å². The van der Waals surface area contributed by atoms with E-state index in [1.165, 1.54) is 0 Å². The van der Waals surface area contributed by atoms with Gasteiger partial charge in [-0.25, -0.2) is 4.99 Å². The summed E-state index contributed by atoms with van der Waals surface area (Å²) in [4.78, 5) is 4.48. The molecule has 0 spiro atoms. The number of aliphatic hydroxyl groups excluding tert-OH is 1. The van der Waals surface area contributed by atoms with Crippen LogP contribution in [0.25, 0.3) is 0 Å². The molecule has 2 atom stereocenters. The molecule has 0 amide bonds. The van der Waals surface area contributed by atoms with Crippen LogP contribution in [-0.4, -0.2) is 23.7 Å². The molecule has 0 aliphatic carbocycles. The molecule has 0 bridgehead atoms. The van der Waals surface area contributed by atoms with Gasteiger partial charge in [-0.3, -0.25) is 0 Å². The zero-order valence-electron chi connectivity index (χ0n) is 10.4. The maximum absolute atomic E-state index is 10.3. The lowest BCUT2D eigenvalue weighted by atomic mass is 10.0. The average Bonchev–Trinajstić information content (AvgIpc) is 2.98. The van der Waals surface area contributed by atoms with Gasteiger partial charge in [0.25, 0.3) is 0 Å². The highest BCUT2D eigenvalue weighted by atomic mass is 16.5. The van der Waals surface area contributed by atoms with Crippen molar-refractivity contribution in [1.29, 1.82) is 0 Å². The Labute approximate surface area is 112 Å². The molecule has 3 rings (SSSR count). The highest BCUT2D eigenvalue weighted by Gasteiger charge is 2.27. The van der Waals surface area contributed by atoms with Gasteiger partial charge in [-0.2, -0.15) is 0 Å². The summed E-state index contributed by atoms with van der Waals surface area (Å²) in [5, 5.41) is 10.3. The summed E-state index contributed by atoms with van der Waals surface area (Å²) in [6, 6.07) is 19.1. The summed E-state index contributed by atoms with van der Waals surface area (Å²) in [6.45, 7) is 0.417. The van der Waals surface area contributed by atoms with Crippen LogP contribution in [0.2, 0.25) is 0 Å². The van der Waals surface area contributed by atoms with Gasteiger partial charge in [-0.1, -0.05) is 48.5 Å². The zero-order valence-corrected chi connectivity index (χ0v) is 10.4. The molecule has 1 heterocycles. The van der Waals surface area contributed by atoms with Crippen molar-refractivity contribution in [3.05, 3.63) is 71.8 Å². The highest BCUT2D eigenvalue weighted by Crippen LogP contribution is 2.24. The zero-order chi connectivity index (χ0) is 13.1. The molecule has 1 N–H and O–H groups in total. The van der Waals surface area contributed by atoms with Gasteiger partial charge in [0, 0.05) is 5.56 Å². The third-order valence-electron chi connectivity index (χ3n) is 3.20. The summed E-state index contributed by atoms with van der Waals surface area (Å²) in [5.74, 6) is 0.612. The maximum atomic E-state index is 10.3. The van der Waals surface area contributed by atoms with Crippen LogP contribution in [0.3, 0.4) is 0 Å². The second-order valence-corrected chi connectivity index (χ2v) is 4.53. The molecule has 3 nitrogen and oxygen atoms in total. The summed E-state index contributed by atoms with van der Waals surface area (Å²) in [6.07, 6.45) is -0.623. The first-order valence-electron chi connectivity index (χ1n) is 6.33. The summed E-state index contributed by atoms with van der Waals surface area (Å²) >= 11 is 0. The predicted molar refractivity (Wildman–Crippen MR) is 74.1 cm³/mol. The molecule has 0 saturated carbocycles. The molecular weight excluding hydrogens is 238 g/mol. The van der Waals surface area contributed by atoms with Gasteiger partial charge >= 0.3 is 0 Å². The standard InChI is InChI=1S/C16H15NO2/c18-15(12-7-3-1-4-8-12)14-11-19-16(17-14)13-9-5-2-6-10-13/h1-10,14-15,18H,11H2/t14-,15-/m0/s1. The van der Waals surface area contributed by atoms with Gasteiger partial charge in [0.1, 0.15) is 18.8 Å². The van der Waals surface area contributed by atoms with E-state index in [1.807, 2.05) is 60.7 Å². The Balaban J connectivity index is 1.80. The minimum absolute atomic E-state index is 0.238. The number of ether oxygens (including phenoxy) is 1. The molecule has 2 aromatic carbocycles. The number of benzene rings is 2. The molecule has 0 aromatic heterocycles. The molecule has 0 fully saturated rings. The van der Waals surface area contributed by atoms with E-state index >= 15 is 0 Å². The summed E-state index contributed by atoms with van der Waals surface area (Å²) < 4.78 is 5.58. The van der Waals surface area contributed by atoms with Crippen LogP contribution >= 0.6 is 0 Å². The van der Waals surface area contributed by atoms with Crippen LogP contribution in [0.15, 0.2) is 65.7 Å². The van der Waals surface area contributed by atoms with Crippen molar-refractivity contribution in [2.24, 2.45) is 4.99 Å². The van der Waals surface area contributed by atoms with Gasteiger partial charge < -0.3 is 9.84 Å². The van der Waals surface area contributed by atoms with E-state index in [4.69, 9.17) is 4.74 Å². The van der Waals surface area contributed by atoms with E-state index in [2.05, 4.69) is 4.99 Å². The molecular formula is C16H15NO2. The Morgan fingerprint density at radius 3 is 2.32 bits per heavy atom. The third-order valence-corrected chi connectivity index (χ3v) is 3.20. The fourth-order valence-corrected chi connectivity index (χ4v) is 2.16. The quantitative estimate of drug-likeness (QED) is 0.913. The first-order valence-corrected chi connectivity index (χ1v) is 6.33. The van der Waals surface area contributed by atoms with Crippen LogP contribution < -0.4 is 0 Å². The monoisotopic (exact) mass is 253 g/mol. The third kappa shape index (κ3) is 2.51. The molecule has 0 unspecified atom stereocenters. The maximum Gasteiger partial charge on any atom is 0.216 e. The van der Waals surface area contributed by atoms with E-state index in [9.17, 15) is 5.11 Å². The van der Waals surface area contributed by atoms with Crippen LogP contribution in [0.4, 0.5) is 0 Å². The summed E-state index contributed by atoms with van der Waals surface area (Å²) in [7, 11) is 0. The first-order chi connectivity index (χ1) is 9.34. The van der Waals surface area contributed by atoms with Gasteiger partial charge in [-0.15, -0.1) is 0 Å². The van der Waals surface area contributed by atoms with Crippen LogP contribution in [0, 0.1) is 0 Å². The number of hydrogen-bond donors (Lipinski definition) is 1. The predicted octanol–water partition coefficient (Wildman–Crippen LogP) is 2.57. The van der Waals surface area contributed by atoms with Crippen molar-refractivity contribution in [2.75, 3.05) is 6.61 Å².